The van der Waals surface area contributed by atoms with Crippen LogP contribution in [0.15, 0.2) is 35.1 Å². The number of aromatic nitrogens is 1. The lowest BCUT2D eigenvalue weighted by Gasteiger charge is -2.09. The minimum atomic E-state index is 0.0951. The number of hydrogen-bond acceptors (Lipinski definition) is 2. The molecule has 1 N–H and O–H groups in total. The van der Waals surface area contributed by atoms with E-state index in [1.165, 1.54) is 6.42 Å². The quantitative estimate of drug-likeness (QED) is 0.820. The van der Waals surface area contributed by atoms with Crippen molar-refractivity contribution in [3.63, 3.8) is 0 Å². The molecular formula is C15H20N2O. The molecule has 0 unspecified atom stereocenters. The van der Waals surface area contributed by atoms with Crippen LogP contribution in [-0.2, 0) is 13.6 Å². The summed E-state index contributed by atoms with van der Waals surface area (Å²) in [6.45, 7) is 3.78. The molecule has 2 aromatic rings. The maximum absolute atomic E-state index is 12.2. The van der Waals surface area contributed by atoms with E-state index in [1.54, 1.807) is 4.57 Å². The van der Waals surface area contributed by atoms with Gasteiger partial charge in [-0.2, -0.15) is 0 Å². The largest absolute Gasteiger partial charge is 0.312 e. The first kappa shape index (κ1) is 12.8. The average Bonchev–Trinajstić information content (AvgIpc) is 2.40. The first-order valence-electron chi connectivity index (χ1n) is 6.52. The molecule has 1 aromatic heterocycles. The smallest absolute Gasteiger partial charge is 0.255 e. The highest BCUT2D eigenvalue weighted by atomic mass is 16.1. The third kappa shape index (κ3) is 2.62. The zero-order valence-electron chi connectivity index (χ0n) is 11.1. The zero-order valence-corrected chi connectivity index (χ0v) is 11.1. The first-order valence-corrected chi connectivity index (χ1v) is 6.52. The van der Waals surface area contributed by atoms with Crippen molar-refractivity contribution < 1.29 is 0 Å². The molecule has 0 amide bonds. The minimum Gasteiger partial charge on any atom is -0.312 e. The first-order chi connectivity index (χ1) is 8.74. The summed E-state index contributed by atoms with van der Waals surface area (Å²) in [7, 11) is 1.83. The maximum Gasteiger partial charge on any atom is 0.255 e. The molecule has 0 bridgehead atoms. The SMILES string of the molecule is CCCCNCc1cc2ccccc2n(C)c1=O. The fourth-order valence-electron chi connectivity index (χ4n) is 2.14. The lowest BCUT2D eigenvalue weighted by Crippen LogP contribution is -2.26. The molecule has 0 saturated heterocycles. The van der Waals surface area contributed by atoms with E-state index in [0.29, 0.717) is 6.54 Å². The van der Waals surface area contributed by atoms with E-state index >= 15 is 0 Å². The number of unbranched alkanes of at least 4 members (excludes halogenated alkanes) is 1. The van der Waals surface area contributed by atoms with Gasteiger partial charge in [-0.25, -0.2) is 0 Å². The Morgan fingerprint density at radius 2 is 2.06 bits per heavy atom. The summed E-state index contributed by atoms with van der Waals surface area (Å²) in [6, 6.07) is 9.98. The van der Waals surface area contributed by atoms with Crippen LogP contribution >= 0.6 is 0 Å². The van der Waals surface area contributed by atoms with E-state index in [2.05, 4.69) is 12.2 Å². The Hall–Kier alpha value is -1.61. The fraction of sp³-hybridized carbons (Fsp3) is 0.400. The van der Waals surface area contributed by atoms with Crippen LogP contribution in [-0.4, -0.2) is 11.1 Å². The molecule has 3 heteroatoms. The van der Waals surface area contributed by atoms with Gasteiger partial charge in [-0.3, -0.25) is 4.79 Å². The fourth-order valence-corrected chi connectivity index (χ4v) is 2.14. The molecule has 0 spiro atoms. The Kier molecular flexibility index (Phi) is 4.15. The van der Waals surface area contributed by atoms with Gasteiger partial charge in [0.15, 0.2) is 0 Å². The number of nitrogens with zero attached hydrogens (tertiary/aromatic N) is 1. The van der Waals surface area contributed by atoms with Crippen molar-refractivity contribution in [2.24, 2.45) is 7.05 Å². The lowest BCUT2D eigenvalue weighted by atomic mass is 10.1. The van der Waals surface area contributed by atoms with E-state index in [0.717, 1.165) is 29.4 Å². The number of hydrogen-bond donors (Lipinski definition) is 1. The number of fused-ring (bicyclic) bond motifs is 1. The number of nitrogens with one attached hydrogen (secondary N) is 1. The van der Waals surface area contributed by atoms with Gasteiger partial charge >= 0.3 is 0 Å². The van der Waals surface area contributed by atoms with Gasteiger partial charge in [0.25, 0.3) is 5.56 Å². The molecule has 0 aliphatic heterocycles. The monoisotopic (exact) mass is 244 g/mol. The molecule has 96 valence electrons. The second-order valence-electron chi connectivity index (χ2n) is 4.62. The van der Waals surface area contributed by atoms with E-state index in [4.69, 9.17) is 0 Å². The molecule has 3 nitrogen and oxygen atoms in total. The van der Waals surface area contributed by atoms with Gasteiger partial charge in [-0.05, 0) is 30.5 Å². The standard InChI is InChI=1S/C15H20N2O/c1-3-4-9-16-11-13-10-12-7-5-6-8-14(12)17(2)15(13)18/h5-8,10,16H,3-4,9,11H2,1-2H3. The van der Waals surface area contributed by atoms with Crippen LogP contribution in [0.1, 0.15) is 25.3 Å². The van der Waals surface area contributed by atoms with Crippen molar-refractivity contribution in [1.82, 2.24) is 9.88 Å². The molecule has 1 aromatic carbocycles. The van der Waals surface area contributed by atoms with Crippen molar-refractivity contribution in [1.29, 1.82) is 0 Å². The Morgan fingerprint density at radius 3 is 2.83 bits per heavy atom. The number of benzene rings is 1. The Labute approximate surface area is 107 Å². The van der Waals surface area contributed by atoms with Crippen molar-refractivity contribution >= 4 is 10.9 Å². The molecule has 1 heterocycles. The van der Waals surface area contributed by atoms with Gasteiger partial charge in [-0.1, -0.05) is 31.5 Å². The van der Waals surface area contributed by atoms with Crippen molar-refractivity contribution in [3.05, 3.63) is 46.2 Å². The zero-order chi connectivity index (χ0) is 13.0. The maximum atomic E-state index is 12.2. The number of aryl methyl sites for hydroxylation is 1. The van der Waals surface area contributed by atoms with Crippen LogP contribution in [0.2, 0.25) is 0 Å². The van der Waals surface area contributed by atoms with Crippen LogP contribution in [0, 0.1) is 0 Å². The third-order valence-electron chi connectivity index (χ3n) is 3.23. The predicted octanol–water partition coefficient (Wildman–Crippen LogP) is 2.43. The predicted molar refractivity (Wildman–Crippen MR) is 75.8 cm³/mol. The average molecular weight is 244 g/mol. The summed E-state index contributed by atoms with van der Waals surface area (Å²) in [4.78, 5) is 12.2. The van der Waals surface area contributed by atoms with E-state index in [1.807, 2.05) is 37.4 Å². The van der Waals surface area contributed by atoms with Crippen molar-refractivity contribution in [2.45, 2.75) is 26.3 Å². The van der Waals surface area contributed by atoms with Gasteiger partial charge < -0.3 is 9.88 Å². The van der Waals surface area contributed by atoms with Gasteiger partial charge in [0.1, 0.15) is 0 Å². The van der Waals surface area contributed by atoms with E-state index < -0.39 is 0 Å². The van der Waals surface area contributed by atoms with Crippen LogP contribution in [0.4, 0.5) is 0 Å². The lowest BCUT2D eigenvalue weighted by molar-refractivity contribution is 0.635. The highest BCUT2D eigenvalue weighted by Gasteiger charge is 2.05. The van der Waals surface area contributed by atoms with E-state index in [-0.39, 0.29) is 5.56 Å². The summed E-state index contributed by atoms with van der Waals surface area (Å²) in [5.74, 6) is 0. The van der Waals surface area contributed by atoms with Gasteiger partial charge in [0.2, 0.25) is 0 Å². The van der Waals surface area contributed by atoms with Crippen molar-refractivity contribution in [2.75, 3.05) is 6.54 Å². The Morgan fingerprint density at radius 1 is 1.28 bits per heavy atom. The number of para-hydroxylation sites is 1. The van der Waals surface area contributed by atoms with Crippen LogP contribution in [0.25, 0.3) is 10.9 Å². The molecule has 0 radical (unpaired) electrons. The third-order valence-corrected chi connectivity index (χ3v) is 3.23. The molecule has 0 saturated carbocycles. The normalized spacial score (nSPS) is 11.0. The topological polar surface area (TPSA) is 34.0 Å². The van der Waals surface area contributed by atoms with Crippen LogP contribution in [0.5, 0.6) is 0 Å². The summed E-state index contributed by atoms with van der Waals surface area (Å²) in [5, 5.41) is 4.44. The van der Waals surface area contributed by atoms with Crippen LogP contribution < -0.4 is 10.9 Å². The molecular weight excluding hydrogens is 224 g/mol. The van der Waals surface area contributed by atoms with Crippen LogP contribution in [0.3, 0.4) is 0 Å². The van der Waals surface area contributed by atoms with E-state index in [9.17, 15) is 4.79 Å². The molecule has 0 aliphatic rings. The highest BCUT2D eigenvalue weighted by Crippen LogP contribution is 2.12. The molecule has 0 aliphatic carbocycles. The molecule has 0 atom stereocenters. The van der Waals surface area contributed by atoms with Gasteiger partial charge in [0.05, 0.1) is 5.52 Å². The second kappa shape index (κ2) is 5.83. The summed E-state index contributed by atoms with van der Waals surface area (Å²) in [6.07, 6.45) is 2.32. The minimum absolute atomic E-state index is 0.0951. The van der Waals surface area contributed by atoms with Gasteiger partial charge in [0, 0.05) is 19.2 Å². The van der Waals surface area contributed by atoms with Crippen molar-refractivity contribution in [3.8, 4) is 0 Å². The summed E-state index contributed by atoms with van der Waals surface area (Å²) >= 11 is 0. The number of rotatable bonds is 5. The molecule has 2 rings (SSSR count). The highest BCUT2D eigenvalue weighted by molar-refractivity contribution is 5.79. The molecule has 0 fully saturated rings. The second-order valence-corrected chi connectivity index (χ2v) is 4.62. The Balaban J connectivity index is 2.28. The Bertz CT molecular complexity index is 587. The summed E-state index contributed by atoms with van der Waals surface area (Å²) < 4.78 is 1.73. The molecule has 18 heavy (non-hydrogen) atoms. The number of pyridine rings is 1. The summed E-state index contributed by atoms with van der Waals surface area (Å²) in [5.41, 5.74) is 1.92. The van der Waals surface area contributed by atoms with Gasteiger partial charge in [-0.15, -0.1) is 0 Å².